The highest BCUT2D eigenvalue weighted by Gasteiger charge is 2.27. The Kier molecular flexibility index (Phi) is 7.57. The van der Waals surface area contributed by atoms with Crippen LogP contribution < -0.4 is 10.1 Å². The fourth-order valence-corrected chi connectivity index (χ4v) is 3.07. The van der Waals surface area contributed by atoms with E-state index < -0.39 is 0 Å². The molecule has 0 unspecified atom stereocenters. The van der Waals surface area contributed by atoms with Gasteiger partial charge in [-0.25, -0.2) is 0 Å². The summed E-state index contributed by atoms with van der Waals surface area (Å²) in [6.45, 7) is 4.75. The SMILES string of the molecule is CCOC(=O)C1CCN(C(=NC)NCCc2cccc(OC)c2)CC1. The number of piperidine rings is 1. The highest BCUT2D eigenvalue weighted by molar-refractivity contribution is 5.80. The molecule has 1 aromatic rings. The lowest BCUT2D eigenvalue weighted by atomic mass is 9.97. The number of methoxy groups -OCH3 is 1. The molecular formula is C19H29N3O3. The molecule has 0 bridgehead atoms. The van der Waals surface area contributed by atoms with Crippen LogP contribution in [0.4, 0.5) is 0 Å². The Morgan fingerprint density at radius 1 is 1.36 bits per heavy atom. The fraction of sp³-hybridized carbons (Fsp3) is 0.579. The van der Waals surface area contributed by atoms with Gasteiger partial charge in [0.2, 0.25) is 0 Å². The van der Waals surface area contributed by atoms with Gasteiger partial charge >= 0.3 is 5.97 Å². The summed E-state index contributed by atoms with van der Waals surface area (Å²) in [5.74, 6) is 1.72. The van der Waals surface area contributed by atoms with Crippen molar-refractivity contribution in [3.8, 4) is 5.75 Å². The van der Waals surface area contributed by atoms with E-state index in [0.29, 0.717) is 6.61 Å². The van der Waals surface area contributed by atoms with E-state index in [0.717, 1.165) is 50.6 Å². The number of carbonyl (C=O) groups excluding carboxylic acids is 1. The average Bonchev–Trinajstić information content (AvgIpc) is 2.66. The fourth-order valence-electron chi connectivity index (χ4n) is 3.07. The Hall–Kier alpha value is -2.24. The van der Waals surface area contributed by atoms with Crippen molar-refractivity contribution in [1.82, 2.24) is 10.2 Å². The monoisotopic (exact) mass is 347 g/mol. The molecule has 0 aliphatic carbocycles. The van der Waals surface area contributed by atoms with E-state index in [1.807, 2.05) is 19.1 Å². The van der Waals surface area contributed by atoms with Crippen molar-refractivity contribution in [3.05, 3.63) is 29.8 Å². The summed E-state index contributed by atoms with van der Waals surface area (Å²) in [6.07, 6.45) is 2.53. The Morgan fingerprint density at radius 3 is 2.76 bits per heavy atom. The van der Waals surface area contributed by atoms with Crippen LogP contribution in [0.1, 0.15) is 25.3 Å². The smallest absolute Gasteiger partial charge is 0.309 e. The van der Waals surface area contributed by atoms with E-state index in [1.165, 1.54) is 5.56 Å². The summed E-state index contributed by atoms with van der Waals surface area (Å²) in [5, 5.41) is 3.41. The Labute approximate surface area is 150 Å². The summed E-state index contributed by atoms with van der Waals surface area (Å²) < 4.78 is 10.4. The lowest BCUT2D eigenvalue weighted by Crippen LogP contribution is -2.47. The second-order valence-electron chi connectivity index (χ2n) is 6.09. The van der Waals surface area contributed by atoms with E-state index in [4.69, 9.17) is 9.47 Å². The molecule has 1 aliphatic rings. The van der Waals surface area contributed by atoms with Gasteiger partial charge in [0.1, 0.15) is 5.75 Å². The highest BCUT2D eigenvalue weighted by atomic mass is 16.5. The molecule has 0 spiro atoms. The molecule has 1 fully saturated rings. The van der Waals surface area contributed by atoms with Crippen LogP contribution in [0.3, 0.4) is 0 Å². The number of esters is 1. The van der Waals surface area contributed by atoms with Crippen molar-refractivity contribution in [2.45, 2.75) is 26.2 Å². The molecule has 1 N–H and O–H groups in total. The zero-order chi connectivity index (χ0) is 18.1. The first-order chi connectivity index (χ1) is 12.2. The number of benzene rings is 1. The van der Waals surface area contributed by atoms with E-state index in [2.05, 4.69) is 27.3 Å². The minimum atomic E-state index is -0.0666. The van der Waals surface area contributed by atoms with Gasteiger partial charge in [0.25, 0.3) is 0 Å². The Morgan fingerprint density at radius 2 is 2.12 bits per heavy atom. The largest absolute Gasteiger partial charge is 0.497 e. The predicted molar refractivity (Wildman–Crippen MR) is 99.0 cm³/mol. The number of aliphatic imine (C=N–C) groups is 1. The van der Waals surface area contributed by atoms with Crippen molar-refractivity contribution in [1.29, 1.82) is 0 Å². The highest BCUT2D eigenvalue weighted by Crippen LogP contribution is 2.19. The van der Waals surface area contributed by atoms with Gasteiger partial charge in [-0.2, -0.15) is 0 Å². The molecule has 0 radical (unpaired) electrons. The molecule has 1 heterocycles. The second-order valence-corrected chi connectivity index (χ2v) is 6.09. The molecular weight excluding hydrogens is 318 g/mol. The third-order valence-electron chi connectivity index (χ3n) is 4.46. The van der Waals surface area contributed by atoms with E-state index in [1.54, 1.807) is 14.2 Å². The van der Waals surface area contributed by atoms with Gasteiger partial charge in [-0.3, -0.25) is 9.79 Å². The first-order valence-corrected chi connectivity index (χ1v) is 8.93. The number of hydrogen-bond donors (Lipinski definition) is 1. The van der Waals surface area contributed by atoms with Gasteiger partial charge in [-0.1, -0.05) is 12.1 Å². The van der Waals surface area contributed by atoms with Crippen molar-refractivity contribution in [3.63, 3.8) is 0 Å². The molecule has 25 heavy (non-hydrogen) atoms. The number of nitrogens with zero attached hydrogens (tertiary/aromatic N) is 2. The van der Waals surface area contributed by atoms with Crippen molar-refractivity contribution < 1.29 is 14.3 Å². The predicted octanol–water partition coefficient (Wildman–Crippen LogP) is 2.09. The summed E-state index contributed by atoms with van der Waals surface area (Å²) in [6, 6.07) is 8.10. The maximum absolute atomic E-state index is 11.8. The van der Waals surface area contributed by atoms with Gasteiger partial charge in [0.15, 0.2) is 5.96 Å². The zero-order valence-electron chi connectivity index (χ0n) is 15.5. The lowest BCUT2D eigenvalue weighted by Gasteiger charge is -2.33. The molecule has 6 heteroatoms. The average molecular weight is 347 g/mol. The minimum absolute atomic E-state index is 0.0195. The van der Waals surface area contributed by atoms with Gasteiger partial charge in [-0.05, 0) is 43.9 Å². The maximum atomic E-state index is 11.8. The summed E-state index contributed by atoms with van der Waals surface area (Å²) in [5.41, 5.74) is 1.23. The van der Waals surface area contributed by atoms with E-state index >= 15 is 0 Å². The van der Waals surface area contributed by atoms with Gasteiger partial charge in [0.05, 0.1) is 19.6 Å². The number of nitrogens with one attached hydrogen (secondary N) is 1. The quantitative estimate of drug-likeness (QED) is 0.485. The van der Waals surface area contributed by atoms with E-state index in [-0.39, 0.29) is 11.9 Å². The first-order valence-electron chi connectivity index (χ1n) is 8.93. The zero-order valence-corrected chi connectivity index (χ0v) is 15.5. The van der Waals surface area contributed by atoms with Crippen LogP contribution in [0.5, 0.6) is 5.75 Å². The number of rotatable bonds is 6. The van der Waals surface area contributed by atoms with Crippen LogP contribution in [0, 0.1) is 5.92 Å². The van der Waals surface area contributed by atoms with Crippen molar-refractivity contribution >= 4 is 11.9 Å². The van der Waals surface area contributed by atoms with Crippen LogP contribution in [0.25, 0.3) is 0 Å². The molecule has 2 rings (SSSR count). The molecule has 0 aromatic heterocycles. The number of ether oxygens (including phenoxy) is 2. The second kappa shape index (κ2) is 9.91. The van der Waals surface area contributed by atoms with Crippen LogP contribution >= 0.6 is 0 Å². The van der Waals surface area contributed by atoms with Gasteiger partial charge in [0, 0.05) is 26.7 Å². The first kappa shape index (κ1) is 19.1. The number of carbonyl (C=O) groups is 1. The molecule has 6 nitrogen and oxygen atoms in total. The molecule has 1 aromatic carbocycles. The minimum Gasteiger partial charge on any atom is -0.497 e. The normalized spacial score (nSPS) is 15.8. The molecule has 138 valence electrons. The Balaban J connectivity index is 1.78. The van der Waals surface area contributed by atoms with Gasteiger partial charge < -0.3 is 19.7 Å². The number of likely N-dealkylation sites (tertiary alicyclic amines) is 1. The molecule has 0 saturated carbocycles. The number of guanidine groups is 1. The van der Waals surface area contributed by atoms with Gasteiger partial charge in [-0.15, -0.1) is 0 Å². The van der Waals surface area contributed by atoms with Crippen molar-refractivity contribution in [2.24, 2.45) is 10.9 Å². The van der Waals surface area contributed by atoms with Crippen LogP contribution in [-0.4, -0.2) is 57.2 Å². The molecule has 0 atom stereocenters. The standard InChI is InChI=1S/C19H29N3O3/c1-4-25-18(23)16-9-12-22(13-10-16)19(20-2)21-11-8-15-6-5-7-17(14-15)24-3/h5-7,14,16H,4,8-13H2,1-3H3,(H,20,21). The molecule has 1 aliphatic heterocycles. The van der Waals surface area contributed by atoms with Crippen LogP contribution in [-0.2, 0) is 16.0 Å². The van der Waals surface area contributed by atoms with Crippen LogP contribution in [0.2, 0.25) is 0 Å². The maximum Gasteiger partial charge on any atom is 0.309 e. The third-order valence-corrected chi connectivity index (χ3v) is 4.46. The number of hydrogen-bond acceptors (Lipinski definition) is 4. The topological polar surface area (TPSA) is 63.2 Å². The lowest BCUT2D eigenvalue weighted by molar-refractivity contribution is -0.149. The Bertz CT molecular complexity index is 581. The molecule has 0 amide bonds. The summed E-state index contributed by atoms with van der Waals surface area (Å²) in [7, 11) is 3.48. The molecule has 1 saturated heterocycles. The summed E-state index contributed by atoms with van der Waals surface area (Å²) >= 11 is 0. The summed E-state index contributed by atoms with van der Waals surface area (Å²) in [4.78, 5) is 18.4. The van der Waals surface area contributed by atoms with E-state index in [9.17, 15) is 4.79 Å². The van der Waals surface area contributed by atoms with Crippen molar-refractivity contribution in [2.75, 3.05) is 40.4 Å². The van der Waals surface area contributed by atoms with Crippen LogP contribution in [0.15, 0.2) is 29.3 Å². The third kappa shape index (κ3) is 5.66.